The van der Waals surface area contributed by atoms with Crippen LogP contribution in [0.4, 0.5) is 27.6 Å². The number of anilines is 1. The van der Waals surface area contributed by atoms with Gasteiger partial charge in [0.05, 0.1) is 9.73 Å². The number of benzene rings is 2. The van der Waals surface area contributed by atoms with Gasteiger partial charge in [-0.15, -0.1) is 10.2 Å². The zero-order valence-electron chi connectivity index (χ0n) is 17.0. The van der Waals surface area contributed by atoms with E-state index >= 15 is 0 Å². The van der Waals surface area contributed by atoms with E-state index in [2.05, 4.69) is 19.9 Å². The molecule has 1 amide bonds. The lowest BCUT2D eigenvalue weighted by molar-refractivity contribution is -0.141. The summed E-state index contributed by atoms with van der Waals surface area (Å²) in [5.74, 6) is -4.55. The molecule has 0 fully saturated rings. The van der Waals surface area contributed by atoms with E-state index in [9.17, 15) is 31.0 Å². The topological polar surface area (TPSA) is 93.5 Å². The van der Waals surface area contributed by atoms with Crippen LogP contribution in [-0.2, 0) is 15.9 Å². The van der Waals surface area contributed by atoms with Gasteiger partial charge in [-0.25, -0.2) is 17.4 Å². The fraction of sp³-hybridized carbons (Fsp3) is 0.150. The number of hydrogen-bond acceptors (Lipinski definition) is 6. The van der Waals surface area contributed by atoms with Crippen LogP contribution >= 0.6 is 0 Å². The van der Waals surface area contributed by atoms with E-state index in [1.54, 1.807) is 0 Å². The molecule has 174 valence electrons. The summed E-state index contributed by atoms with van der Waals surface area (Å²) in [7, 11) is -1.40. The van der Waals surface area contributed by atoms with E-state index in [4.69, 9.17) is 4.74 Å². The third-order valence-corrected chi connectivity index (χ3v) is 6.10. The molecule has 0 aliphatic heterocycles. The van der Waals surface area contributed by atoms with Gasteiger partial charge in [0.15, 0.2) is 17.3 Å². The second-order valence-electron chi connectivity index (χ2n) is 6.59. The first kappa shape index (κ1) is 24.0. The molecule has 2 aromatic carbocycles. The Labute approximate surface area is 184 Å². The van der Waals surface area contributed by atoms with Crippen molar-refractivity contribution >= 4 is 21.3 Å². The number of alkyl halides is 3. The average molecular weight is 486 g/mol. The van der Waals surface area contributed by atoms with E-state index in [-0.39, 0.29) is 10.6 Å². The molecule has 1 atom stereocenters. The molecule has 0 spiro atoms. The molecule has 0 radical (unpaired) electrons. The molecule has 1 N–H and O–H groups in total. The quantitative estimate of drug-likeness (QED) is 0.518. The standard InChI is InChI=1S/C20H15F5N4O3S/c1-26-33(2,31)13-5-3-4-12(9-13)27-18(30)14-10-17(20(23,24)25)28-29-19(14)32-16-8-11(21)6-7-15(16)22/h3-10H,1-2H3,(H,27,30). The SMILES string of the molecule is CN=S(C)(=O)c1cccc(NC(=O)c2cc(C(F)(F)F)nnc2Oc2cc(F)ccc2F)c1. The Morgan fingerprint density at radius 3 is 2.48 bits per heavy atom. The number of ether oxygens (including phenoxy) is 1. The van der Waals surface area contributed by atoms with Crippen LogP contribution in [0.1, 0.15) is 16.1 Å². The fourth-order valence-corrected chi connectivity index (χ4v) is 3.42. The molecule has 3 aromatic rings. The monoisotopic (exact) mass is 486 g/mol. The molecule has 13 heteroatoms. The molecule has 0 saturated heterocycles. The predicted octanol–water partition coefficient (Wildman–Crippen LogP) is 4.90. The lowest BCUT2D eigenvalue weighted by Gasteiger charge is -2.13. The molecule has 7 nitrogen and oxygen atoms in total. The first-order valence-corrected chi connectivity index (χ1v) is 10.9. The number of carbonyl (C=O) groups excluding carboxylic acids is 1. The lowest BCUT2D eigenvalue weighted by atomic mass is 10.2. The zero-order valence-corrected chi connectivity index (χ0v) is 17.8. The van der Waals surface area contributed by atoms with Gasteiger partial charge in [0.2, 0.25) is 0 Å². The normalized spacial score (nSPS) is 13.2. The van der Waals surface area contributed by atoms with E-state index in [0.717, 1.165) is 12.1 Å². The van der Waals surface area contributed by atoms with Crippen LogP contribution in [0.3, 0.4) is 0 Å². The van der Waals surface area contributed by atoms with Gasteiger partial charge in [0.1, 0.15) is 11.4 Å². The second-order valence-corrected chi connectivity index (χ2v) is 9.03. The minimum Gasteiger partial charge on any atom is -0.434 e. The molecular formula is C20H15F5N4O3S. The van der Waals surface area contributed by atoms with Crippen LogP contribution in [0.15, 0.2) is 57.8 Å². The summed E-state index contributed by atoms with van der Waals surface area (Å²) in [6, 6.07) is 8.23. The lowest BCUT2D eigenvalue weighted by Crippen LogP contribution is -2.18. The maximum atomic E-state index is 13.9. The van der Waals surface area contributed by atoms with Crippen molar-refractivity contribution in [2.75, 3.05) is 18.6 Å². The molecule has 3 rings (SSSR count). The summed E-state index contributed by atoms with van der Waals surface area (Å²) < 4.78 is 88.0. The second kappa shape index (κ2) is 9.10. The highest BCUT2D eigenvalue weighted by Gasteiger charge is 2.35. The summed E-state index contributed by atoms with van der Waals surface area (Å²) in [5.41, 5.74) is -2.16. The molecule has 1 aromatic heterocycles. The van der Waals surface area contributed by atoms with Gasteiger partial charge < -0.3 is 10.1 Å². The van der Waals surface area contributed by atoms with Crippen molar-refractivity contribution in [2.24, 2.45) is 4.36 Å². The van der Waals surface area contributed by atoms with Gasteiger partial charge in [-0.2, -0.15) is 13.2 Å². The van der Waals surface area contributed by atoms with Crippen LogP contribution < -0.4 is 10.1 Å². The number of rotatable bonds is 5. The first-order valence-electron chi connectivity index (χ1n) is 9.00. The Balaban J connectivity index is 2.02. The van der Waals surface area contributed by atoms with Crippen molar-refractivity contribution in [3.05, 3.63) is 71.4 Å². The molecule has 0 aliphatic rings. The Bertz CT molecular complexity index is 1340. The van der Waals surface area contributed by atoms with Crippen LogP contribution in [-0.4, -0.2) is 33.6 Å². The minimum absolute atomic E-state index is 0.0870. The minimum atomic E-state index is -4.94. The van der Waals surface area contributed by atoms with E-state index in [1.807, 2.05) is 0 Å². The Kier molecular flexibility index (Phi) is 6.63. The first-order chi connectivity index (χ1) is 15.4. The Hall–Kier alpha value is -3.61. The third kappa shape index (κ3) is 5.61. The maximum absolute atomic E-state index is 13.9. The van der Waals surface area contributed by atoms with E-state index in [0.29, 0.717) is 12.1 Å². The van der Waals surface area contributed by atoms with Crippen LogP contribution in [0.5, 0.6) is 11.6 Å². The number of halogens is 5. The molecular weight excluding hydrogens is 471 g/mol. The number of nitrogens with one attached hydrogen (secondary N) is 1. The van der Waals surface area contributed by atoms with Gasteiger partial charge in [0, 0.05) is 30.0 Å². The molecule has 33 heavy (non-hydrogen) atoms. The molecule has 0 saturated carbocycles. The van der Waals surface area contributed by atoms with E-state index in [1.165, 1.54) is 37.6 Å². The highest BCUT2D eigenvalue weighted by atomic mass is 32.2. The summed E-state index contributed by atoms with van der Waals surface area (Å²) in [6.45, 7) is 0. The average Bonchev–Trinajstić information content (AvgIpc) is 2.76. The number of carbonyl (C=O) groups is 1. The third-order valence-electron chi connectivity index (χ3n) is 4.27. The van der Waals surface area contributed by atoms with Crippen LogP contribution in [0, 0.1) is 11.6 Å². The highest BCUT2D eigenvalue weighted by Crippen LogP contribution is 2.32. The molecule has 0 aliphatic carbocycles. The van der Waals surface area contributed by atoms with Crippen LogP contribution in [0.2, 0.25) is 0 Å². The molecule has 0 bridgehead atoms. The van der Waals surface area contributed by atoms with Gasteiger partial charge in [-0.3, -0.25) is 4.79 Å². The van der Waals surface area contributed by atoms with Crippen molar-refractivity contribution in [3.8, 4) is 11.6 Å². The van der Waals surface area contributed by atoms with Crippen molar-refractivity contribution in [1.82, 2.24) is 10.2 Å². The predicted molar refractivity (Wildman–Crippen MR) is 109 cm³/mol. The van der Waals surface area contributed by atoms with Crippen molar-refractivity contribution in [1.29, 1.82) is 0 Å². The smallest absolute Gasteiger partial charge is 0.434 e. The Morgan fingerprint density at radius 1 is 1.09 bits per heavy atom. The number of aromatic nitrogens is 2. The van der Waals surface area contributed by atoms with E-state index < -0.39 is 56.3 Å². The van der Waals surface area contributed by atoms with Gasteiger partial charge in [0.25, 0.3) is 11.8 Å². The largest absolute Gasteiger partial charge is 0.435 e. The summed E-state index contributed by atoms with van der Waals surface area (Å²) in [5, 5.41) is 8.54. The molecule has 1 heterocycles. The number of nitrogens with zero attached hydrogens (tertiary/aromatic N) is 3. The Morgan fingerprint density at radius 2 is 1.82 bits per heavy atom. The highest BCUT2D eigenvalue weighted by molar-refractivity contribution is 7.93. The maximum Gasteiger partial charge on any atom is 0.435 e. The zero-order chi connectivity index (χ0) is 24.4. The van der Waals surface area contributed by atoms with Gasteiger partial charge in [-0.05, 0) is 36.4 Å². The number of amides is 1. The summed E-state index contributed by atoms with van der Waals surface area (Å²) in [4.78, 5) is 13.1. The van der Waals surface area contributed by atoms with Gasteiger partial charge in [-0.1, -0.05) is 6.07 Å². The summed E-state index contributed by atoms with van der Waals surface area (Å²) in [6.07, 6.45) is -3.57. The van der Waals surface area contributed by atoms with Gasteiger partial charge >= 0.3 is 6.18 Å². The fourth-order valence-electron chi connectivity index (χ4n) is 2.53. The van der Waals surface area contributed by atoms with Crippen molar-refractivity contribution in [3.63, 3.8) is 0 Å². The summed E-state index contributed by atoms with van der Waals surface area (Å²) >= 11 is 0. The number of hydrogen-bond donors (Lipinski definition) is 1. The molecule has 1 unspecified atom stereocenters. The van der Waals surface area contributed by atoms with Crippen molar-refractivity contribution in [2.45, 2.75) is 11.1 Å². The van der Waals surface area contributed by atoms with Crippen LogP contribution in [0.25, 0.3) is 0 Å². The van der Waals surface area contributed by atoms with Crippen molar-refractivity contribution < 1.29 is 35.7 Å².